The number of pyridine rings is 5. The summed E-state index contributed by atoms with van der Waals surface area (Å²) in [5.74, 6) is 8.03. The Morgan fingerprint density at radius 3 is 0.926 bits per heavy atom. The van der Waals surface area contributed by atoms with Gasteiger partial charge < -0.3 is 33.4 Å². The summed E-state index contributed by atoms with van der Waals surface area (Å²) in [6.07, 6.45) is 24.8. The van der Waals surface area contributed by atoms with Gasteiger partial charge in [0.05, 0.1) is 87.9 Å². The molecule has 0 aliphatic heterocycles. The van der Waals surface area contributed by atoms with Crippen molar-refractivity contribution in [3.63, 3.8) is 0 Å². The van der Waals surface area contributed by atoms with E-state index in [0.29, 0.717) is 78.8 Å². The average Bonchev–Trinajstić information content (AvgIpc) is 1.60. The first-order valence-electron chi connectivity index (χ1n) is 35.9. The number of rotatable bonds is 14. The Morgan fingerprint density at radius 1 is 0.361 bits per heavy atom. The molecular formula is C77H73Br2Cl6IN30O6. The van der Waals surface area contributed by atoms with Crippen LogP contribution in [0.25, 0.3) is 55.8 Å². The standard InChI is InChI=1S/C17H17ClN6O2.C16H14BrClN6O.C16H14Cl2N6O.C14H14BrClN6O.C14H14ClIN6O/c1-5-6-23-12-14(18)21-16(19)22-15(12)24(17(23)25)8-11-10(3)13(26-4)9(2)7-20-11;2*1-4-5-23-12-13(18)21-15(19)22-14(12)24(16(23)25)7-10-9(3)11(17)8(2)6-20-10;1-6-4-18-8(7(2)9(6)15)5-22-12-10(21(3)14(22)23)11(16)19-13(17)20-12;1-6-4-18-8(7(2)9(6)16)5-22-12-10(21(3)14(22)23)11(15)19-13(17)20-12/h1,7H,6,8H2,2-4H3,(H2,19,21,22);2*1,6H,5,7H2,2-3H3,(H2,19,21,22);2*4H,5H2,1-3H3,(H2,17,19,20). The summed E-state index contributed by atoms with van der Waals surface area (Å²) in [6.45, 7) is 20.5. The van der Waals surface area contributed by atoms with Crippen LogP contribution in [-0.4, -0.2) is 128 Å². The van der Waals surface area contributed by atoms with Gasteiger partial charge in [0.15, 0.2) is 54.0 Å². The molecule has 122 heavy (non-hydrogen) atoms. The van der Waals surface area contributed by atoms with Crippen molar-refractivity contribution in [2.24, 2.45) is 14.1 Å². The molecule has 15 rings (SSSR count). The number of hydrogen-bond donors (Lipinski definition) is 5. The molecule has 45 heteroatoms. The number of anilines is 5. The zero-order valence-corrected chi connectivity index (χ0v) is 77.1. The summed E-state index contributed by atoms with van der Waals surface area (Å²) >= 11 is 46.4. The van der Waals surface area contributed by atoms with Crippen molar-refractivity contribution in [1.82, 2.24) is 120 Å². The molecule has 0 unspecified atom stereocenters. The molecule has 0 fully saturated rings. The molecule has 0 spiro atoms. The number of hydrogen-bond acceptors (Lipinski definition) is 26. The third kappa shape index (κ3) is 17.9. The minimum absolute atomic E-state index is 0.0149. The molecule has 15 aromatic rings. The normalized spacial score (nSPS) is 11.1. The van der Waals surface area contributed by atoms with Crippen LogP contribution in [0, 0.1) is 110 Å². The van der Waals surface area contributed by atoms with E-state index in [4.69, 9.17) is 122 Å². The van der Waals surface area contributed by atoms with Gasteiger partial charge in [-0.25, -0.2) is 24.0 Å². The van der Waals surface area contributed by atoms with Crippen LogP contribution in [0.5, 0.6) is 5.75 Å². The third-order valence-corrected chi connectivity index (χ3v) is 25.5. The van der Waals surface area contributed by atoms with Crippen LogP contribution in [0.2, 0.25) is 30.8 Å². The summed E-state index contributed by atoms with van der Waals surface area (Å²) in [7, 11) is 4.85. The van der Waals surface area contributed by atoms with Crippen LogP contribution in [0.4, 0.5) is 29.7 Å². The maximum absolute atomic E-state index is 12.9. The highest BCUT2D eigenvalue weighted by molar-refractivity contribution is 14.1. The Morgan fingerprint density at radius 2 is 0.615 bits per heavy atom. The van der Waals surface area contributed by atoms with Gasteiger partial charge in [0.1, 0.15) is 33.3 Å². The number of nitrogens with two attached hydrogens (primary N) is 5. The zero-order chi connectivity index (χ0) is 89.4. The van der Waals surface area contributed by atoms with Crippen LogP contribution < -0.4 is 61.9 Å². The Hall–Kier alpha value is -11.6. The summed E-state index contributed by atoms with van der Waals surface area (Å²) in [5, 5.41) is 1.15. The Bertz CT molecular complexity index is 6930. The van der Waals surface area contributed by atoms with Crippen LogP contribution in [0.3, 0.4) is 0 Å². The minimum atomic E-state index is -0.368. The molecule has 0 saturated carbocycles. The van der Waals surface area contributed by atoms with Crippen molar-refractivity contribution in [2.45, 2.75) is 122 Å². The third-order valence-electron chi connectivity index (χ3n) is 19.5. The average molecular weight is 2010 g/mol. The van der Waals surface area contributed by atoms with Crippen LogP contribution in [0.1, 0.15) is 84.1 Å². The molecule has 36 nitrogen and oxygen atoms in total. The SMILES string of the molecule is C#CCn1c(=O)n(Cc2ncc(C)c(Br)c2C)c2nc(N)nc(Cl)c21.C#CCn1c(=O)n(Cc2ncc(C)c(Cl)c2C)c2nc(N)nc(Cl)c21.C#CCn1c(=O)n(Cc2ncc(C)c(OC)c2C)c2nc(N)nc(Cl)c21.Cc1cnc(Cn2c(=O)n(C)c3c(Cl)nc(N)nc32)c(C)c1Br.Cc1cnc(Cn2c(=O)n(C)c3c(Cl)nc(N)nc32)c(C)c1I. The number of fused-ring (bicyclic) bond motifs is 5. The van der Waals surface area contributed by atoms with Gasteiger partial charge in [-0.05, 0) is 136 Å². The van der Waals surface area contributed by atoms with Gasteiger partial charge in [-0.15, -0.1) is 19.3 Å². The molecule has 0 amide bonds. The minimum Gasteiger partial charge on any atom is -0.496 e. The maximum Gasteiger partial charge on any atom is 0.331 e. The molecule has 0 radical (unpaired) electrons. The number of methoxy groups -OCH3 is 1. The number of nitrogens with zero attached hydrogens (tertiary/aromatic N) is 25. The number of ether oxygens (including phenoxy) is 1. The molecule has 0 aromatic carbocycles. The van der Waals surface area contributed by atoms with E-state index in [9.17, 15) is 24.0 Å². The van der Waals surface area contributed by atoms with Gasteiger partial charge in [-0.2, -0.15) is 49.8 Å². The zero-order valence-electron chi connectivity index (χ0n) is 67.2. The van der Waals surface area contributed by atoms with Gasteiger partial charge in [-0.1, -0.05) is 119 Å². The van der Waals surface area contributed by atoms with E-state index in [1.54, 1.807) is 52.2 Å². The van der Waals surface area contributed by atoms with E-state index in [0.717, 1.165) is 91.0 Å². The van der Waals surface area contributed by atoms with Crippen molar-refractivity contribution in [3.8, 4) is 42.8 Å². The first-order chi connectivity index (χ1) is 57.7. The van der Waals surface area contributed by atoms with E-state index in [2.05, 4.69) is 147 Å². The van der Waals surface area contributed by atoms with E-state index >= 15 is 0 Å². The fraction of sp³-hybridized carbons (Fsp3) is 0.273. The Balaban J connectivity index is 0.000000149. The largest absolute Gasteiger partial charge is 0.496 e. The number of nitrogen functional groups attached to an aromatic ring is 5. The van der Waals surface area contributed by atoms with Gasteiger partial charge in [0.25, 0.3) is 0 Å². The molecule has 15 heterocycles. The van der Waals surface area contributed by atoms with Crippen molar-refractivity contribution in [2.75, 3.05) is 35.8 Å². The van der Waals surface area contributed by atoms with Gasteiger partial charge >= 0.3 is 28.4 Å². The van der Waals surface area contributed by atoms with Crippen LogP contribution >= 0.6 is 124 Å². The second kappa shape index (κ2) is 37.4. The number of imidazole rings is 5. The second-order valence-corrected chi connectivity index (χ2v) is 32.2. The highest BCUT2D eigenvalue weighted by Gasteiger charge is 2.27. The molecule has 0 aliphatic rings. The molecular weight excluding hydrogens is 1940 g/mol. The Kier molecular flexibility index (Phi) is 27.9. The van der Waals surface area contributed by atoms with Gasteiger partial charge in [0.2, 0.25) is 29.7 Å². The summed E-state index contributed by atoms with van der Waals surface area (Å²) in [4.78, 5) is 126. The van der Waals surface area contributed by atoms with Crippen molar-refractivity contribution < 1.29 is 4.74 Å². The molecule has 0 aliphatic carbocycles. The van der Waals surface area contributed by atoms with Crippen LogP contribution in [-0.2, 0) is 66.5 Å². The van der Waals surface area contributed by atoms with E-state index in [1.165, 1.54) is 45.7 Å². The predicted molar refractivity (Wildman–Crippen MR) is 488 cm³/mol. The lowest BCUT2D eigenvalue weighted by Crippen LogP contribution is -2.25. The summed E-state index contributed by atoms with van der Waals surface area (Å²) in [5.41, 5.74) is 43.7. The maximum atomic E-state index is 12.9. The topological polar surface area (TPSA) is 467 Å². The van der Waals surface area contributed by atoms with Crippen molar-refractivity contribution in [1.29, 1.82) is 0 Å². The van der Waals surface area contributed by atoms with E-state index < -0.39 is 0 Å². The monoisotopic (exact) mass is 2010 g/mol. The highest BCUT2D eigenvalue weighted by atomic mass is 127. The number of halogens is 9. The van der Waals surface area contributed by atoms with Gasteiger partial charge in [-0.3, -0.25) is 70.6 Å². The second-order valence-electron chi connectivity index (χ2n) is 27.4. The number of aromatic nitrogens is 25. The van der Waals surface area contributed by atoms with Crippen LogP contribution in [0.15, 0.2) is 63.9 Å². The molecule has 0 atom stereocenters. The lowest BCUT2D eigenvalue weighted by molar-refractivity contribution is 0.406. The lowest BCUT2D eigenvalue weighted by atomic mass is 10.1. The predicted octanol–water partition coefficient (Wildman–Crippen LogP) is 10.2. The summed E-state index contributed by atoms with van der Waals surface area (Å²) in [6, 6.07) is 0. The number of aryl methyl sites for hydroxylation is 7. The fourth-order valence-corrected chi connectivity index (χ4v) is 15.8. The quantitative estimate of drug-likeness (QED) is 0.0383. The fourth-order valence-electron chi connectivity index (χ4n) is 13.2. The lowest BCUT2D eigenvalue weighted by Gasteiger charge is -2.12. The summed E-state index contributed by atoms with van der Waals surface area (Å²) < 4.78 is 22.7. The first-order valence-corrected chi connectivity index (χ1v) is 40.9. The van der Waals surface area contributed by atoms with Gasteiger partial charge in [0, 0.05) is 73.7 Å². The molecule has 0 saturated heterocycles. The number of terminal acetylenes is 3. The first kappa shape index (κ1) is 91.2. The highest BCUT2D eigenvalue weighted by Crippen LogP contribution is 2.32. The Labute approximate surface area is 753 Å². The molecule has 10 N–H and O–H groups in total. The smallest absolute Gasteiger partial charge is 0.331 e. The molecule has 15 aromatic heterocycles. The molecule has 630 valence electrons. The van der Waals surface area contributed by atoms with Crippen molar-refractivity contribution >= 4 is 210 Å². The van der Waals surface area contributed by atoms with E-state index in [-0.39, 0.29) is 130 Å². The van der Waals surface area contributed by atoms with E-state index in [1.807, 2.05) is 69.2 Å². The molecule has 0 bridgehead atoms. The van der Waals surface area contributed by atoms with Crippen molar-refractivity contribution in [3.05, 3.63) is 211 Å².